The zero-order valence-electron chi connectivity index (χ0n) is 25.4. The molecule has 3 aromatic carbocycles. The maximum Gasteiger partial charge on any atom is 0.454 e. The largest absolute Gasteiger partial charge is 0.454 e. The topological polar surface area (TPSA) is 155 Å². The second kappa shape index (κ2) is 18.5. The first-order valence-corrected chi connectivity index (χ1v) is 16.5. The number of hydrogen-bond donors (Lipinski definition) is 5. The molecule has 5 aromatic rings. The third-order valence-electron chi connectivity index (χ3n) is 8.76. The Morgan fingerprint density at radius 3 is 1.68 bits per heavy atom. The van der Waals surface area contributed by atoms with Crippen molar-refractivity contribution in [2.45, 2.75) is 92.3 Å². The third kappa shape index (κ3) is 10.0. The number of rotatable bonds is 3. The smallest absolute Gasteiger partial charge is 0.427 e. The van der Waals surface area contributed by atoms with E-state index in [4.69, 9.17) is 25.8 Å². The predicted molar refractivity (Wildman–Crippen MR) is 211 cm³/mol. The van der Waals surface area contributed by atoms with Crippen LogP contribution in [0.2, 0.25) is 5.82 Å². The van der Waals surface area contributed by atoms with Crippen LogP contribution in [0.4, 0.5) is 5.69 Å². The Balaban J connectivity index is 0.000000232. The lowest BCUT2D eigenvalue weighted by Gasteiger charge is -2.07. The molecule has 0 spiro atoms. The van der Waals surface area contributed by atoms with E-state index in [9.17, 15) is 0 Å². The number of H-pyrrole nitrogens is 2. The zero-order valence-corrected chi connectivity index (χ0v) is 26.9. The molecular formula is C40H50BBrN6O2. The van der Waals surface area contributed by atoms with Gasteiger partial charge in [0.05, 0.1) is 34.9 Å². The summed E-state index contributed by atoms with van der Waals surface area (Å²) in [5.74, 6) is 1.66. The molecule has 8 nitrogen and oxygen atoms in total. The van der Waals surface area contributed by atoms with Crippen molar-refractivity contribution in [1.82, 2.24) is 9.97 Å². The number of anilines is 1. The molecule has 3 heterocycles. The van der Waals surface area contributed by atoms with Crippen LogP contribution in [-0.4, -0.2) is 33.7 Å². The Morgan fingerprint density at radius 2 is 1.16 bits per heavy atom. The summed E-state index contributed by atoms with van der Waals surface area (Å²) >= 11 is 3.40. The van der Waals surface area contributed by atoms with Crippen LogP contribution in [0.5, 0.6) is 0 Å². The summed E-state index contributed by atoms with van der Waals surface area (Å²) in [4.78, 5) is 6.22. The number of aromatic amines is 2. The van der Waals surface area contributed by atoms with Crippen molar-refractivity contribution < 1.29 is 10.0 Å². The van der Waals surface area contributed by atoms with Gasteiger partial charge in [-0.15, -0.1) is 0 Å². The number of nitriles is 3. The molecule has 0 amide bonds. The fourth-order valence-electron chi connectivity index (χ4n) is 5.85. The molecule has 3 fully saturated rings. The first-order valence-electron chi connectivity index (χ1n) is 15.7. The average Bonchev–Trinajstić information content (AvgIpc) is 4.03. The standard InChI is InChI=1S/C12H12N2.C12H10N2.C9H5BrN2.C3H7BO2.4CH4/c2*13-7-8-5-11(9-1-2-9)10-3-4-14-12(10)6-8;10-8-3-6(5-11)4-9-7(8)1-2-12-9;5-4(6)3-1-2-3;;;;/h5-6,9,14H,1-4H2;3-6,9,14H,1-2H2;1-4,12H;3,5-6H,1-2H2;4*1H4. The molecule has 4 aliphatic rings. The molecular weight excluding hydrogens is 687 g/mol. The van der Waals surface area contributed by atoms with E-state index in [1.807, 2.05) is 48.8 Å². The first-order chi connectivity index (χ1) is 22.4. The minimum atomic E-state index is -1.04. The number of fused-ring (bicyclic) bond motifs is 3. The maximum atomic E-state index is 8.92. The van der Waals surface area contributed by atoms with E-state index in [0.29, 0.717) is 11.5 Å². The lowest BCUT2D eigenvalue weighted by atomic mass is 9.84. The molecule has 5 N–H and O–H groups in total. The second-order valence-corrected chi connectivity index (χ2v) is 13.2. The van der Waals surface area contributed by atoms with Crippen molar-refractivity contribution in [3.05, 3.63) is 98.8 Å². The highest BCUT2D eigenvalue weighted by molar-refractivity contribution is 9.10. The molecule has 0 bridgehead atoms. The highest BCUT2D eigenvalue weighted by atomic mass is 79.9. The summed E-state index contributed by atoms with van der Waals surface area (Å²) in [6.07, 6.45) is 12.1. The molecule has 9 rings (SSSR count). The van der Waals surface area contributed by atoms with Gasteiger partial charge in [-0.3, -0.25) is 0 Å². The van der Waals surface area contributed by atoms with Crippen LogP contribution >= 0.6 is 15.9 Å². The van der Waals surface area contributed by atoms with Crippen LogP contribution in [0.15, 0.2) is 65.4 Å². The molecule has 3 saturated carbocycles. The number of benzene rings is 3. The minimum Gasteiger partial charge on any atom is -0.427 e. The Bertz CT molecular complexity index is 2000. The van der Waals surface area contributed by atoms with Crippen molar-refractivity contribution in [3.8, 4) is 18.2 Å². The summed E-state index contributed by atoms with van der Waals surface area (Å²) in [6.45, 7) is 1.03. The van der Waals surface area contributed by atoms with Crippen molar-refractivity contribution >= 4 is 50.5 Å². The summed E-state index contributed by atoms with van der Waals surface area (Å²) in [5, 5.41) is 48.7. The van der Waals surface area contributed by atoms with E-state index in [-0.39, 0.29) is 35.5 Å². The SMILES string of the molecule is C.C.C.C.N#Cc1cc(Br)c2cc[nH]c2c1.N#Cc1cc(C2CC2)c2cc[nH]c2c1.N#Cc1cc2c(c(C3CC3)c1)CCN2.OB(O)C1CC1. The van der Waals surface area contributed by atoms with E-state index in [1.165, 1.54) is 53.4 Å². The molecule has 10 heteroatoms. The van der Waals surface area contributed by atoms with Crippen LogP contribution in [0, 0.1) is 34.0 Å². The van der Waals surface area contributed by atoms with Gasteiger partial charge in [-0.2, -0.15) is 15.8 Å². The van der Waals surface area contributed by atoms with Gasteiger partial charge < -0.3 is 25.3 Å². The van der Waals surface area contributed by atoms with Crippen LogP contribution in [0.3, 0.4) is 0 Å². The molecule has 50 heavy (non-hydrogen) atoms. The van der Waals surface area contributed by atoms with Crippen molar-refractivity contribution in [3.63, 3.8) is 0 Å². The highest BCUT2D eigenvalue weighted by Crippen LogP contribution is 2.45. The highest BCUT2D eigenvalue weighted by Gasteiger charge is 2.33. The summed E-state index contributed by atoms with van der Waals surface area (Å²) < 4.78 is 0.956. The van der Waals surface area contributed by atoms with E-state index in [1.54, 1.807) is 0 Å². The summed E-state index contributed by atoms with van der Waals surface area (Å²) in [6, 6.07) is 22.3. The Morgan fingerprint density at radius 1 is 0.660 bits per heavy atom. The summed E-state index contributed by atoms with van der Waals surface area (Å²) in [7, 11) is -1.04. The van der Waals surface area contributed by atoms with Gasteiger partial charge in [0.2, 0.25) is 0 Å². The van der Waals surface area contributed by atoms with Crippen LogP contribution in [0.1, 0.15) is 113 Å². The second-order valence-electron chi connectivity index (χ2n) is 12.3. The van der Waals surface area contributed by atoms with Crippen LogP contribution in [0.25, 0.3) is 21.8 Å². The van der Waals surface area contributed by atoms with Gasteiger partial charge in [-0.25, -0.2) is 0 Å². The van der Waals surface area contributed by atoms with E-state index in [0.717, 1.165) is 63.7 Å². The fraction of sp³-hybridized carbons (Fsp3) is 0.375. The monoisotopic (exact) mass is 736 g/mol. The van der Waals surface area contributed by atoms with Gasteiger partial charge in [0.25, 0.3) is 0 Å². The van der Waals surface area contributed by atoms with Crippen molar-refractivity contribution in [2.75, 3.05) is 11.9 Å². The number of aromatic nitrogens is 2. The molecule has 262 valence electrons. The number of halogens is 1. The fourth-order valence-corrected chi connectivity index (χ4v) is 6.44. The third-order valence-corrected chi connectivity index (χ3v) is 9.42. The number of nitrogens with one attached hydrogen (secondary N) is 3. The lowest BCUT2D eigenvalue weighted by Crippen LogP contribution is -2.09. The number of hydrogen-bond acceptors (Lipinski definition) is 6. The molecule has 0 unspecified atom stereocenters. The zero-order chi connectivity index (χ0) is 32.2. The average molecular weight is 738 g/mol. The molecule has 0 saturated heterocycles. The predicted octanol–water partition coefficient (Wildman–Crippen LogP) is 10.3. The minimum absolute atomic E-state index is 0. The van der Waals surface area contributed by atoms with Gasteiger partial charge >= 0.3 is 7.12 Å². The summed E-state index contributed by atoms with van der Waals surface area (Å²) in [5.41, 5.74) is 9.76. The molecule has 3 aliphatic carbocycles. The molecule has 1 aliphatic heterocycles. The lowest BCUT2D eigenvalue weighted by molar-refractivity contribution is 0.403. The first kappa shape index (κ1) is 41.6. The molecule has 0 atom stereocenters. The van der Waals surface area contributed by atoms with E-state index < -0.39 is 7.12 Å². The molecule has 2 aromatic heterocycles. The maximum absolute atomic E-state index is 8.92. The van der Waals surface area contributed by atoms with Crippen LogP contribution < -0.4 is 5.32 Å². The quantitative estimate of drug-likeness (QED) is 0.116. The van der Waals surface area contributed by atoms with Gasteiger partial charge in [-0.05, 0) is 115 Å². The Kier molecular flexibility index (Phi) is 15.4. The van der Waals surface area contributed by atoms with E-state index in [2.05, 4.69) is 61.6 Å². The van der Waals surface area contributed by atoms with E-state index >= 15 is 0 Å². The van der Waals surface area contributed by atoms with Gasteiger partial charge in [0.1, 0.15) is 0 Å². The van der Waals surface area contributed by atoms with Gasteiger partial charge in [-0.1, -0.05) is 58.5 Å². The van der Waals surface area contributed by atoms with Crippen LogP contribution in [-0.2, 0) is 6.42 Å². The van der Waals surface area contributed by atoms with Crippen molar-refractivity contribution in [1.29, 1.82) is 15.8 Å². The number of nitrogens with zero attached hydrogens (tertiary/aromatic N) is 3. The normalized spacial score (nSPS) is 14.5. The van der Waals surface area contributed by atoms with Gasteiger partial charge in [0.15, 0.2) is 0 Å². The Labute approximate surface area is 306 Å². The van der Waals surface area contributed by atoms with Crippen molar-refractivity contribution in [2.24, 2.45) is 0 Å². The Hall–Kier alpha value is -4.53. The molecule has 0 radical (unpaired) electrons. The van der Waals surface area contributed by atoms with Gasteiger partial charge in [0, 0.05) is 50.9 Å².